The second-order valence-electron chi connectivity index (χ2n) is 14.0. The molecule has 0 aliphatic heterocycles. The summed E-state index contributed by atoms with van der Waals surface area (Å²) >= 11 is 0. The Morgan fingerprint density at radius 3 is 2.07 bits per heavy atom. The molecule has 0 spiro atoms. The number of hydrogen-bond acceptors (Lipinski definition) is 9. The van der Waals surface area contributed by atoms with Crippen molar-refractivity contribution >= 4 is 34.5 Å². The van der Waals surface area contributed by atoms with Crippen LogP contribution < -0.4 is 24.3 Å². The van der Waals surface area contributed by atoms with Gasteiger partial charge in [0.2, 0.25) is 0 Å². The molecule has 0 aliphatic rings. The molecule has 10 heteroatoms. The number of nitrogens with one attached hydrogen (secondary N) is 1. The maximum Gasteiger partial charge on any atom is 0.328 e. The van der Waals surface area contributed by atoms with Crippen LogP contribution in [0.5, 0.6) is 23.0 Å². The Morgan fingerprint density at radius 1 is 0.745 bits per heavy atom. The van der Waals surface area contributed by atoms with Gasteiger partial charge in [-0.05, 0) is 62.2 Å². The largest absolute Gasteiger partial charge is 0.493 e. The molecule has 1 aromatic heterocycles. The van der Waals surface area contributed by atoms with Crippen LogP contribution in [0.3, 0.4) is 0 Å². The number of benzene rings is 3. The summed E-state index contributed by atoms with van der Waals surface area (Å²) in [5.41, 5.74) is 2.73. The van der Waals surface area contributed by atoms with Crippen LogP contribution in [-0.4, -0.2) is 66.4 Å². The van der Waals surface area contributed by atoms with Crippen molar-refractivity contribution in [2.75, 3.05) is 45.8 Å². The van der Waals surface area contributed by atoms with Gasteiger partial charge in [-0.1, -0.05) is 108 Å². The van der Waals surface area contributed by atoms with E-state index in [1.807, 2.05) is 42.5 Å². The third-order valence-electron chi connectivity index (χ3n) is 9.70. The van der Waals surface area contributed by atoms with Gasteiger partial charge < -0.3 is 34.3 Å². The molecule has 0 amide bonds. The predicted molar refractivity (Wildman–Crippen MR) is 223 cm³/mol. The zero-order chi connectivity index (χ0) is 39.1. The van der Waals surface area contributed by atoms with Crippen molar-refractivity contribution in [2.45, 2.75) is 104 Å². The molecule has 0 aliphatic carbocycles. The first kappa shape index (κ1) is 42.9. The minimum Gasteiger partial charge on any atom is -0.493 e. The van der Waals surface area contributed by atoms with Crippen molar-refractivity contribution in [3.63, 3.8) is 0 Å². The summed E-state index contributed by atoms with van der Waals surface area (Å²) in [6.45, 7) is 8.67. The summed E-state index contributed by atoms with van der Waals surface area (Å²) in [6.07, 6.45) is 20.6. The molecule has 0 saturated carbocycles. The van der Waals surface area contributed by atoms with Gasteiger partial charge in [0.1, 0.15) is 18.8 Å². The van der Waals surface area contributed by atoms with Crippen molar-refractivity contribution in [3.05, 3.63) is 78.1 Å². The van der Waals surface area contributed by atoms with E-state index in [2.05, 4.69) is 34.0 Å². The maximum absolute atomic E-state index is 11.5. The molecular formula is C45H62N4O6. The van der Waals surface area contributed by atoms with E-state index in [9.17, 15) is 9.90 Å². The number of fused-ring (bicyclic) bond motifs is 1. The molecule has 1 heterocycles. The summed E-state index contributed by atoms with van der Waals surface area (Å²) in [5.74, 6) is 1.52. The van der Waals surface area contributed by atoms with Gasteiger partial charge in [-0.15, -0.1) is 0 Å². The molecule has 4 rings (SSSR count). The van der Waals surface area contributed by atoms with Crippen LogP contribution in [0.4, 0.5) is 11.5 Å². The standard InChI is InChI=1S/C45H62N4O6/c1-5-7-9-11-13-18-27-49(28-19-14-12-10-8-6-2)29-20-30-54-41-31-37-38(32-40(41)52-3)46-34-47-45(37)48-43-36(24-26-42(50)51)23-25-39(44(43)53-4)55-33-35-21-16-15-17-22-35/h15-17,21-26,31-32,34H,5-14,18-20,27-30,33H2,1-4H3,(H,50,51)(H,46,47,48)/b26-24+. The van der Waals surface area contributed by atoms with Crippen molar-refractivity contribution in [1.29, 1.82) is 0 Å². The molecule has 0 atom stereocenters. The van der Waals surface area contributed by atoms with Gasteiger partial charge in [0.15, 0.2) is 23.0 Å². The highest BCUT2D eigenvalue weighted by atomic mass is 16.5. The minimum absolute atomic E-state index is 0.327. The smallest absolute Gasteiger partial charge is 0.328 e. The lowest BCUT2D eigenvalue weighted by atomic mass is 10.1. The predicted octanol–water partition coefficient (Wildman–Crippen LogP) is 10.9. The molecule has 298 valence electrons. The monoisotopic (exact) mass is 754 g/mol. The molecule has 0 saturated heterocycles. The maximum atomic E-state index is 11.5. The molecule has 0 radical (unpaired) electrons. The van der Waals surface area contributed by atoms with E-state index >= 15 is 0 Å². The topological polar surface area (TPSA) is 115 Å². The van der Waals surface area contributed by atoms with E-state index in [0.29, 0.717) is 64.2 Å². The summed E-state index contributed by atoms with van der Waals surface area (Å²) in [4.78, 5) is 23.2. The average molecular weight is 755 g/mol. The summed E-state index contributed by atoms with van der Waals surface area (Å²) in [6, 6.07) is 17.1. The Hall–Kier alpha value is -4.83. The molecule has 0 fully saturated rings. The fourth-order valence-electron chi connectivity index (χ4n) is 6.65. The number of carboxylic acid groups (broad SMARTS) is 1. The first-order valence-corrected chi connectivity index (χ1v) is 20.2. The number of ether oxygens (including phenoxy) is 4. The molecule has 3 aromatic carbocycles. The molecule has 0 unspecified atom stereocenters. The van der Waals surface area contributed by atoms with Crippen LogP contribution in [0.2, 0.25) is 0 Å². The zero-order valence-electron chi connectivity index (χ0n) is 33.5. The molecule has 4 aromatic rings. The minimum atomic E-state index is -1.07. The second kappa shape index (κ2) is 24.6. The Labute approximate surface area is 328 Å². The van der Waals surface area contributed by atoms with E-state index in [1.165, 1.54) is 89.5 Å². The number of hydrogen-bond donors (Lipinski definition) is 2. The Kier molecular flexibility index (Phi) is 19.2. The van der Waals surface area contributed by atoms with Crippen LogP contribution in [-0.2, 0) is 11.4 Å². The first-order valence-electron chi connectivity index (χ1n) is 20.2. The van der Waals surface area contributed by atoms with E-state index in [4.69, 9.17) is 18.9 Å². The average Bonchev–Trinajstić information content (AvgIpc) is 3.20. The Morgan fingerprint density at radius 2 is 1.42 bits per heavy atom. The number of methoxy groups -OCH3 is 2. The van der Waals surface area contributed by atoms with Crippen molar-refractivity contribution < 1.29 is 28.8 Å². The molecule has 55 heavy (non-hydrogen) atoms. The number of carboxylic acids is 1. The van der Waals surface area contributed by atoms with Crippen molar-refractivity contribution in [1.82, 2.24) is 14.9 Å². The number of rotatable bonds is 28. The van der Waals surface area contributed by atoms with Crippen LogP contribution in [0.1, 0.15) is 108 Å². The lowest BCUT2D eigenvalue weighted by Gasteiger charge is -2.23. The van der Waals surface area contributed by atoms with Gasteiger partial charge in [-0.3, -0.25) is 0 Å². The number of aromatic nitrogens is 2. The number of unbranched alkanes of at least 4 members (excludes halogenated alkanes) is 10. The normalized spacial score (nSPS) is 11.4. The lowest BCUT2D eigenvalue weighted by Crippen LogP contribution is -2.28. The van der Waals surface area contributed by atoms with E-state index < -0.39 is 5.97 Å². The quantitative estimate of drug-likeness (QED) is 0.0429. The first-order chi connectivity index (χ1) is 27.0. The van der Waals surface area contributed by atoms with E-state index in [0.717, 1.165) is 37.7 Å². The van der Waals surface area contributed by atoms with Crippen LogP contribution in [0, 0.1) is 0 Å². The van der Waals surface area contributed by atoms with Crippen LogP contribution in [0.25, 0.3) is 17.0 Å². The Balaban J connectivity index is 1.51. The van der Waals surface area contributed by atoms with Crippen molar-refractivity contribution in [3.8, 4) is 23.0 Å². The zero-order valence-corrected chi connectivity index (χ0v) is 33.5. The number of carbonyl (C=O) groups is 1. The van der Waals surface area contributed by atoms with Gasteiger partial charge in [-0.25, -0.2) is 14.8 Å². The molecular weight excluding hydrogens is 693 g/mol. The number of anilines is 2. The van der Waals surface area contributed by atoms with Crippen LogP contribution in [0.15, 0.2) is 67.0 Å². The highest BCUT2D eigenvalue weighted by Crippen LogP contribution is 2.42. The highest BCUT2D eigenvalue weighted by Gasteiger charge is 2.19. The second-order valence-corrected chi connectivity index (χ2v) is 14.0. The van der Waals surface area contributed by atoms with Gasteiger partial charge in [-0.2, -0.15) is 0 Å². The molecule has 10 nitrogen and oxygen atoms in total. The summed E-state index contributed by atoms with van der Waals surface area (Å²) < 4.78 is 24.2. The Bertz CT molecular complexity index is 1730. The van der Waals surface area contributed by atoms with Crippen LogP contribution >= 0.6 is 0 Å². The van der Waals surface area contributed by atoms with Gasteiger partial charge in [0.05, 0.1) is 32.0 Å². The van der Waals surface area contributed by atoms with Crippen molar-refractivity contribution in [2.24, 2.45) is 0 Å². The molecule has 2 N–H and O–H groups in total. The SMILES string of the molecule is CCCCCCCCN(CCCCCCCC)CCCOc1cc2c(Nc3c(/C=C/C(=O)O)ccc(OCc4ccccc4)c3OC)ncnc2cc1OC. The van der Waals surface area contributed by atoms with Gasteiger partial charge >= 0.3 is 5.97 Å². The lowest BCUT2D eigenvalue weighted by molar-refractivity contribution is -0.131. The van der Waals surface area contributed by atoms with E-state index in [1.54, 1.807) is 26.4 Å². The van der Waals surface area contributed by atoms with E-state index in [-0.39, 0.29) is 0 Å². The third kappa shape index (κ3) is 14.4. The fraction of sp³-hybridized carbons (Fsp3) is 0.489. The summed E-state index contributed by atoms with van der Waals surface area (Å²) in [7, 11) is 3.18. The fourth-order valence-corrected chi connectivity index (χ4v) is 6.65. The highest BCUT2D eigenvalue weighted by molar-refractivity contribution is 5.95. The number of aliphatic carboxylic acids is 1. The summed E-state index contributed by atoms with van der Waals surface area (Å²) in [5, 5.41) is 13.5. The number of nitrogens with zero attached hydrogens (tertiary/aromatic N) is 3. The van der Waals surface area contributed by atoms with Gasteiger partial charge in [0.25, 0.3) is 0 Å². The van der Waals surface area contributed by atoms with Gasteiger partial charge in [0, 0.05) is 29.6 Å². The molecule has 0 bridgehead atoms. The third-order valence-corrected chi connectivity index (χ3v) is 9.70.